The number of hydrogen-bond acceptors (Lipinski definition) is 0. The summed E-state index contributed by atoms with van der Waals surface area (Å²) in [7, 11) is 0. The van der Waals surface area contributed by atoms with E-state index in [0.29, 0.717) is 10.9 Å². The van der Waals surface area contributed by atoms with Gasteiger partial charge in [0.25, 0.3) is 0 Å². The van der Waals surface area contributed by atoms with Gasteiger partial charge in [-0.1, -0.05) is 22.0 Å². The van der Waals surface area contributed by atoms with Gasteiger partial charge in [0, 0.05) is 5.33 Å². The zero-order valence-corrected chi connectivity index (χ0v) is 7.58. The molecule has 3 heteroatoms. The first kappa shape index (κ1) is 8.65. The lowest BCUT2D eigenvalue weighted by Gasteiger charge is -2.00. The number of alkyl halides is 1. The standard InChI is InChI=1S/C8H7BrF2/c1-5-2-6(4-9)3-7(10)8(5)11/h2-3H,4H2,1H3. The highest BCUT2D eigenvalue weighted by Gasteiger charge is 2.05. The van der Waals surface area contributed by atoms with Crippen molar-refractivity contribution in [2.24, 2.45) is 0 Å². The van der Waals surface area contributed by atoms with Gasteiger partial charge in [0.2, 0.25) is 0 Å². The highest BCUT2D eigenvalue weighted by atomic mass is 79.9. The molecule has 0 N–H and O–H groups in total. The Morgan fingerprint density at radius 2 is 2.00 bits per heavy atom. The fraction of sp³-hybridized carbons (Fsp3) is 0.250. The third-order valence-corrected chi connectivity index (χ3v) is 2.07. The van der Waals surface area contributed by atoms with E-state index >= 15 is 0 Å². The van der Waals surface area contributed by atoms with E-state index < -0.39 is 11.6 Å². The minimum Gasteiger partial charge on any atom is -0.204 e. The molecule has 0 saturated carbocycles. The molecule has 0 atom stereocenters. The second kappa shape index (κ2) is 3.30. The van der Waals surface area contributed by atoms with E-state index in [-0.39, 0.29) is 0 Å². The van der Waals surface area contributed by atoms with Crippen LogP contribution in [0.25, 0.3) is 0 Å². The molecule has 0 bridgehead atoms. The largest absolute Gasteiger partial charge is 0.204 e. The van der Waals surface area contributed by atoms with Gasteiger partial charge >= 0.3 is 0 Å². The first-order chi connectivity index (χ1) is 5.15. The third kappa shape index (κ3) is 1.77. The Hall–Kier alpha value is -0.440. The maximum atomic E-state index is 12.7. The fourth-order valence-electron chi connectivity index (χ4n) is 0.875. The van der Waals surface area contributed by atoms with Gasteiger partial charge in [0.05, 0.1) is 0 Å². The van der Waals surface area contributed by atoms with Crippen LogP contribution in [0.2, 0.25) is 0 Å². The zero-order chi connectivity index (χ0) is 8.43. The lowest BCUT2D eigenvalue weighted by Crippen LogP contribution is -1.91. The average Bonchev–Trinajstić information content (AvgIpc) is 1.99. The Bertz CT molecular complexity index is 248. The topological polar surface area (TPSA) is 0 Å². The Labute approximate surface area is 72.4 Å². The van der Waals surface area contributed by atoms with Crippen molar-refractivity contribution in [1.29, 1.82) is 0 Å². The molecule has 0 radical (unpaired) electrons. The van der Waals surface area contributed by atoms with Gasteiger partial charge in [-0.15, -0.1) is 0 Å². The van der Waals surface area contributed by atoms with Gasteiger partial charge < -0.3 is 0 Å². The van der Waals surface area contributed by atoms with E-state index in [4.69, 9.17) is 0 Å². The monoisotopic (exact) mass is 220 g/mol. The smallest absolute Gasteiger partial charge is 0.161 e. The van der Waals surface area contributed by atoms with E-state index in [9.17, 15) is 8.78 Å². The maximum Gasteiger partial charge on any atom is 0.161 e. The summed E-state index contributed by atoms with van der Waals surface area (Å²) in [5, 5.41) is 0.547. The van der Waals surface area contributed by atoms with Crippen LogP contribution in [0, 0.1) is 18.6 Å². The summed E-state index contributed by atoms with van der Waals surface area (Å²) in [4.78, 5) is 0. The highest BCUT2D eigenvalue weighted by Crippen LogP contribution is 2.15. The Morgan fingerprint density at radius 3 is 2.45 bits per heavy atom. The summed E-state index contributed by atoms with van der Waals surface area (Å²) in [6.07, 6.45) is 0. The number of aryl methyl sites for hydroxylation is 1. The molecule has 0 aliphatic rings. The van der Waals surface area contributed by atoms with Crippen molar-refractivity contribution in [2.45, 2.75) is 12.3 Å². The molecule has 1 aromatic carbocycles. The second-order valence-corrected chi connectivity index (χ2v) is 2.90. The van der Waals surface area contributed by atoms with E-state index in [2.05, 4.69) is 15.9 Å². The van der Waals surface area contributed by atoms with Crippen molar-refractivity contribution in [3.63, 3.8) is 0 Å². The average molecular weight is 221 g/mol. The van der Waals surface area contributed by atoms with Crippen LogP contribution in [0.5, 0.6) is 0 Å². The van der Waals surface area contributed by atoms with Crippen LogP contribution < -0.4 is 0 Å². The van der Waals surface area contributed by atoms with Gasteiger partial charge in [0.15, 0.2) is 11.6 Å². The predicted octanol–water partition coefficient (Wildman–Crippen LogP) is 3.17. The number of rotatable bonds is 1. The first-order valence-corrected chi connectivity index (χ1v) is 4.27. The Balaban J connectivity index is 3.21. The van der Waals surface area contributed by atoms with E-state index in [0.717, 1.165) is 5.56 Å². The Kier molecular flexibility index (Phi) is 2.60. The molecule has 1 aromatic rings. The molecule has 0 nitrogen and oxygen atoms in total. The van der Waals surface area contributed by atoms with Crippen LogP contribution in [0.1, 0.15) is 11.1 Å². The van der Waals surface area contributed by atoms with E-state index in [1.807, 2.05) is 0 Å². The SMILES string of the molecule is Cc1cc(CBr)cc(F)c1F. The van der Waals surface area contributed by atoms with Crippen LogP contribution in [0.3, 0.4) is 0 Å². The van der Waals surface area contributed by atoms with Gasteiger partial charge in [-0.05, 0) is 24.1 Å². The van der Waals surface area contributed by atoms with Crippen molar-refractivity contribution >= 4 is 15.9 Å². The zero-order valence-electron chi connectivity index (χ0n) is 6.00. The lowest BCUT2D eigenvalue weighted by atomic mass is 10.1. The number of hydrogen-bond donors (Lipinski definition) is 0. The highest BCUT2D eigenvalue weighted by molar-refractivity contribution is 9.08. The lowest BCUT2D eigenvalue weighted by molar-refractivity contribution is 0.502. The van der Waals surface area contributed by atoms with Crippen LogP contribution in [-0.2, 0) is 5.33 Å². The van der Waals surface area contributed by atoms with E-state index in [1.54, 1.807) is 13.0 Å². The molecule has 0 aromatic heterocycles. The summed E-state index contributed by atoms with van der Waals surface area (Å²) in [6, 6.07) is 2.81. The quantitative estimate of drug-likeness (QED) is 0.639. The summed E-state index contributed by atoms with van der Waals surface area (Å²) >= 11 is 3.16. The molecule has 11 heavy (non-hydrogen) atoms. The molecule has 60 valence electrons. The van der Waals surface area contributed by atoms with Gasteiger partial charge in [-0.3, -0.25) is 0 Å². The molecule has 0 spiro atoms. The minimum absolute atomic E-state index is 0.347. The molecule has 0 fully saturated rings. The van der Waals surface area contributed by atoms with Gasteiger partial charge in [-0.2, -0.15) is 0 Å². The predicted molar refractivity (Wildman–Crippen MR) is 43.7 cm³/mol. The molecule has 0 aliphatic carbocycles. The van der Waals surface area contributed by atoms with Crippen molar-refractivity contribution in [2.75, 3.05) is 0 Å². The normalized spacial score (nSPS) is 10.2. The number of halogens is 3. The summed E-state index contributed by atoms with van der Waals surface area (Å²) in [6.45, 7) is 1.55. The maximum absolute atomic E-state index is 12.7. The molecular weight excluding hydrogens is 214 g/mol. The second-order valence-electron chi connectivity index (χ2n) is 2.34. The summed E-state index contributed by atoms with van der Waals surface area (Å²) in [5.74, 6) is -1.53. The first-order valence-electron chi connectivity index (χ1n) is 3.15. The van der Waals surface area contributed by atoms with Crippen molar-refractivity contribution in [3.05, 3.63) is 34.9 Å². The van der Waals surface area contributed by atoms with Crippen molar-refractivity contribution in [1.82, 2.24) is 0 Å². The molecule has 1 rings (SSSR count). The molecule has 0 heterocycles. The molecule has 0 saturated heterocycles. The van der Waals surface area contributed by atoms with Gasteiger partial charge in [0.1, 0.15) is 0 Å². The van der Waals surface area contributed by atoms with Crippen LogP contribution in [0.15, 0.2) is 12.1 Å². The van der Waals surface area contributed by atoms with Crippen LogP contribution >= 0.6 is 15.9 Å². The van der Waals surface area contributed by atoms with Crippen molar-refractivity contribution in [3.8, 4) is 0 Å². The summed E-state index contributed by atoms with van der Waals surface area (Å²) in [5.41, 5.74) is 1.10. The van der Waals surface area contributed by atoms with Crippen LogP contribution in [-0.4, -0.2) is 0 Å². The van der Waals surface area contributed by atoms with E-state index in [1.165, 1.54) is 6.07 Å². The van der Waals surface area contributed by atoms with Crippen molar-refractivity contribution < 1.29 is 8.78 Å². The number of benzene rings is 1. The molecule has 0 unspecified atom stereocenters. The third-order valence-electron chi connectivity index (χ3n) is 1.42. The Morgan fingerprint density at radius 1 is 1.36 bits per heavy atom. The molecule has 0 aliphatic heterocycles. The summed E-state index contributed by atoms with van der Waals surface area (Å²) < 4.78 is 25.3. The molecule has 0 amide bonds. The minimum atomic E-state index is -0.778. The molecular formula is C8H7BrF2. The fourth-order valence-corrected chi connectivity index (χ4v) is 1.20. The van der Waals surface area contributed by atoms with Gasteiger partial charge in [-0.25, -0.2) is 8.78 Å². The van der Waals surface area contributed by atoms with Crippen LogP contribution in [0.4, 0.5) is 8.78 Å².